The van der Waals surface area contributed by atoms with E-state index in [2.05, 4.69) is 5.32 Å². The highest BCUT2D eigenvalue weighted by molar-refractivity contribution is 7.17. The van der Waals surface area contributed by atoms with Gasteiger partial charge < -0.3 is 19.7 Å². The molecule has 2 heterocycles. The molecule has 3 rings (SSSR count). The van der Waals surface area contributed by atoms with Crippen molar-refractivity contribution in [1.29, 1.82) is 0 Å². The second kappa shape index (κ2) is 8.84. The summed E-state index contributed by atoms with van der Waals surface area (Å²) in [7, 11) is 1.41. The quantitative estimate of drug-likeness (QED) is 0.697. The van der Waals surface area contributed by atoms with Gasteiger partial charge in [-0.2, -0.15) is 0 Å². The van der Waals surface area contributed by atoms with E-state index in [0.717, 1.165) is 55.7 Å². The summed E-state index contributed by atoms with van der Waals surface area (Å²) in [6.07, 6.45) is 4.32. The maximum atomic E-state index is 12.5. The van der Waals surface area contributed by atoms with E-state index in [1.807, 2.05) is 0 Å². The number of hydrogen-bond donors (Lipinski definition) is 2. The number of likely N-dealkylation sites (tertiary alicyclic amines) is 1. The van der Waals surface area contributed by atoms with Crippen molar-refractivity contribution >= 4 is 34.2 Å². The summed E-state index contributed by atoms with van der Waals surface area (Å²) in [5.41, 5.74) is 1.59. The van der Waals surface area contributed by atoms with Crippen LogP contribution < -0.4 is 10.2 Å². The SMILES string of the molecule is CCOC(=O)c1c(NC(=O)C[NH+]2CCC(C(=O)OC)CC2)sc2c1CCC2. The second-order valence-corrected chi connectivity index (χ2v) is 8.16. The lowest BCUT2D eigenvalue weighted by Crippen LogP contribution is -3.14. The Balaban J connectivity index is 1.60. The van der Waals surface area contributed by atoms with Gasteiger partial charge in [-0.1, -0.05) is 0 Å². The number of esters is 2. The van der Waals surface area contributed by atoms with Crippen LogP contribution in [0.4, 0.5) is 5.00 Å². The zero-order valence-electron chi connectivity index (χ0n) is 15.9. The monoisotopic (exact) mass is 395 g/mol. The van der Waals surface area contributed by atoms with Crippen LogP contribution in [0.2, 0.25) is 0 Å². The molecule has 2 N–H and O–H groups in total. The third kappa shape index (κ3) is 4.50. The Morgan fingerprint density at radius 1 is 1.22 bits per heavy atom. The molecule has 1 amide bonds. The summed E-state index contributed by atoms with van der Waals surface area (Å²) in [4.78, 5) is 38.8. The lowest BCUT2D eigenvalue weighted by atomic mass is 9.97. The summed E-state index contributed by atoms with van der Waals surface area (Å²) in [5.74, 6) is -0.673. The molecule has 0 aromatic carbocycles. The van der Waals surface area contributed by atoms with Gasteiger partial charge in [-0.3, -0.25) is 9.59 Å². The Labute approximate surface area is 163 Å². The van der Waals surface area contributed by atoms with E-state index in [4.69, 9.17) is 9.47 Å². The van der Waals surface area contributed by atoms with Crippen LogP contribution in [-0.2, 0) is 31.9 Å². The van der Waals surface area contributed by atoms with E-state index in [1.165, 1.54) is 23.3 Å². The Kier molecular flexibility index (Phi) is 6.49. The largest absolute Gasteiger partial charge is 0.469 e. The van der Waals surface area contributed by atoms with Crippen molar-refractivity contribution in [2.75, 3.05) is 38.7 Å². The van der Waals surface area contributed by atoms with Crippen molar-refractivity contribution in [3.63, 3.8) is 0 Å². The minimum atomic E-state index is -0.349. The number of carbonyl (C=O) groups excluding carboxylic acids is 3. The van der Waals surface area contributed by atoms with E-state index < -0.39 is 0 Å². The first kappa shape index (κ1) is 19.8. The molecule has 2 aliphatic rings. The third-order valence-corrected chi connectivity index (χ3v) is 6.50. The van der Waals surface area contributed by atoms with Crippen molar-refractivity contribution in [2.45, 2.75) is 39.0 Å². The van der Waals surface area contributed by atoms with Crippen LogP contribution in [0.1, 0.15) is 47.0 Å². The molecule has 148 valence electrons. The van der Waals surface area contributed by atoms with Crippen molar-refractivity contribution in [2.24, 2.45) is 5.92 Å². The van der Waals surface area contributed by atoms with E-state index in [-0.39, 0.29) is 23.8 Å². The first-order valence-electron chi connectivity index (χ1n) is 9.56. The van der Waals surface area contributed by atoms with Gasteiger partial charge in [0.25, 0.3) is 5.91 Å². The fraction of sp³-hybridized carbons (Fsp3) is 0.632. The van der Waals surface area contributed by atoms with Gasteiger partial charge >= 0.3 is 11.9 Å². The number of quaternary nitrogens is 1. The smallest absolute Gasteiger partial charge is 0.341 e. The summed E-state index contributed by atoms with van der Waals surface area (Å²) in [6, 6.07) is 0. The minimum Gasteiger partial charge on any atom is -0.469 e. The number of rotatable bonds is 6. The zero-order valence-corrected chi connectivity index (χ0v) is 16.7. The van der Waals surface area contributed by atoms with Crippen molar-refractivity contribution in [3.05, 3.63) is 16.0 Å². The maximum absolute atomic E-state index is 12.5. The molecule has 8 heteroatoms. The van der Waals surface area contributed by atoms with Gasteiger partial charge in [0.15, 0.2) is 6.54 Å². The fourth-order valence-corrected chi connectivity index (χ4v) is 5.21. The van der Waals surface area contributed by atoms with E-state index in [0.29, 0.717) is 23.7 Å². The molecule has 0 atom stereocenters. The lowest BCUT2D eigenvalue weighted by molar-refractivity contribution is -0.897. The van der Waals surface area contributed by atoms with Crippen LogP contribution in [0.3, 0.4) is 0 Å². The van der Waals surface area contributed by atoms with Gasteiger partial charge in [0.2, 0.25) is 0 Å². The molecule has 1 aromatic rings. The molecule has 27 heavy (non-hydrogen) atoms. The fourth-order valence-electron chi connectivity index (χ4n) is 3.91. The number of ether oxygens (including phenoxy) is 2. The molecule has 7 nitrogen and oxygen atoms in total. The van der Waals surface area contributed by atoms with E-state index in [1.54, 1.807) is 6.92 Å². The van der Waals surface area contributed by atoms with E-state index >= 15 is 0 Å². The number of amides is 1. The Morgan fingerprint density at radius 3 is 2.63 bits per heavy atom. The van der Waals surface area contributed by atoms with Crippen LogP contribution in [0, 0.1) is 5.92 Å². The standard InChI is InChI=1S/C19H26N2O5S/c1-3-26-19(24)16-13-5-4-6-14(13)27-17(16)20-15(22)11-21-9-7-12(8-10-21)18(23)25-2/h12H,3-11H2,1-2H3,(H,20,22)/p+1. The normalized spacial score (nSPS) is 21.4. The predicted octanol–water partition coefficient (Wildman–Crippen LogP) is 0.820. The van der Waals surface area contributed by atoms with Crippen LogP contribution in [0.15, 0.2) is 0 Å². The Morgan fingerprint density at radius 2 is 1.96 bits per heavy atom. The van der Waals surface area contributed by atoms with Gasteiger partial charge in [0, 0.05) is 17.7 Å². The zero-order chi connectivity index (χ0) is 19.4. The topological polar surface area (TPSA) is 86.1 Å². The molecular formula is C19H27N2O5S+. The number of anilines is 1. The molecule has 1 saturated heterocycles. The second-order valence-electron chi connectivity index (χ2n) is 7.05. The number of fused-ring (bicyclic) bond motifs is 1. The number of hydrogen-bond acceptors (Lipinski definition) is 6. The molecule has 1 aliphatic heterocycles. The average Bonchev–Trinajstić information content (AvgIpc) is 3.22. The Bertz CT molecular complexity index is 722. The first-order chi connectivity index (χ1) is 13.0. The molecule has 0 bridgehead atoms. The van der Waals surface area contributed by atoms with Gasteiger partial charge in [-0.15, -0.1) is 11.3 Å². The molecule has 1 aliphatic carbocycles. The number of nitrogens with one attached hydrogen (secondary N) is 2. The molecule has 0 spiro atoms. The summed E-state index contributed by atoms with van der Waals surface area (Å²) in [5, 5.41) is 3.56. The molecule has 1 fully saturated rings. The highest BCUT2D eigenvalue weighted by Crippen LogP contribution is 2.39. The summed E-state index contributed by atoms with van der Waals surface area (Å²) < 4.78 is 10.00. The highest BCUT2D eigenvalue weighted by Gasteiger charge is 2.31. The van der Waals surface area contributed by atoms with Gasteiger partial charge in [0.1, 0.15) is 5.00 Å². The van der Waals surface area contributed by atoms with E-state index in [9.17, 15) is 14.4 Å². The lowest BCUT2D eigenvalue weighted by Gasteiger charge is -2.27. The first-order valence-corrected chi connectivity index (χ1v) is 10.4. The molecule has 1 aromatic heterocycles. The van der Waals surface area contributed by atoms with Gasteiger partial charge in [0.05, 0.1) is 38.3 Å². The number of carbonyl (C=O) groups is 3. The molecule has 0 unspecified atom stereocenters. The van der Waals surface area contributed by atoms with Crippen molar-refractivity contribution in [1.82, 2.24) is 0 Å². The van der Waals surface area contributed by atoms with Crippen LogP contribution in [0.5, 0.6) is 0 Å². The van der Waals surface area contributed by atoms with Crippen LogP contribution >= 0.6 is 11.3 Å². The maximum Gasteiger partial charge on any atom is 0.341 e. The number of piperidine rings is 1. The molecule has 0 radical (unpaired) electrons. The third-order valence-electron chi connectivity index (χ3n) is 5.29. The average molecular weight is 396 g/mol. The predicted molar refractivity (Wildman–Crippen MR) is 101 cm³/mol. The van der Waals surface area contributed by atoms with Crippen molar-refractivity contribution in [3.8, 4) is 0 Å². The number of aryl methyl sites for hydroxylation is 1. The van der Waals surface area contributed by atoms with Crippen LogP contribution in [0.25, 0.3) is 0 Å². The molecular weight excluding hydrogens is 368 g/mol. The van der Waals surface area contributed by atoms with Gasteiger partial charge in [-0.25, -0.2) is 4.79 Å². The Hall–Kier alpha value is -1.93. The van der Waals surface area contributed by atoms with Crippen molar-refractivity contribution < 1.29 is 28.8 Å². The number of methoxy groups -OCH3 is 1. The molecule has 0 saturated carbocycles. The number of thiophene rings is 1. The minimum absolute atomic E-state index is 0.0579. The summed E-state index contributed by atoms with van der Waals surface area (Å²) in [6.45, 7) is 3.95. The summed E-state index contributed by atoms with van der Waals surface area (Å²) >= 11 is 1.50. The highest BCUT2D eigenvalue weighted by atomic mass is 32.1. The van der Waals surface area contributed by atoms with Gasteiger partial charge in [-0.05, 0) is 31.7 Å². The van der Waals surface area contributed by atoms with Crippen LogP contribution in [-0.4, -0.2) is 51.2 Å².